The SMILES string of the molecule is CSCCCC(C#N)NCC(F)(F)F. The quantitative estimate of drug-likeness (QED) is 0.705. The Labute approximate surface area is 85.9 Å². The maximum atomic E-state index is 11.8. The Morgan fingerprint density at radius 1 is 1.50 bits per heavy atom. The van der Waals surface area contributed by atoms with Gasteiger partial charge in [0.1, 0.15) is 0 Å². The maximum absolute atomic E-state index is 11.8. The summed E-state index contributed by atoms with van der Waals surface area (Å²) in [5.74, 6) is 0.867. The van der Waals surface area contributed by atoms with E-state index in [1.165, 1.54) is 0 Å². The molecule has 0 rings (SSSR count). The molecule has 0 radical (unpaired) electrons. The Kier molecular flexibility index (Phi) is 6.75. The average Bonchev–Trinajstić information content (AvgIpc) is 2.09. The number of rotatable bonds is 6. The van der Waals surface area contributed by atoms with Crippen molar-refractivity contribution in [2.45, 2.75) is 25.1 Å². The van der Waals surface area contributed by atoms with Crippen LogP contribution >= 0.6 is 11.8 Å². The van der Waals surface area contributed by atoms with Gasteiger partial charge in [0, 0.05) is 0 Å². The van der Waals surface area contributed by atoms with E-state index < -0.39 is 18.8 Å². The van der Waals surface area contributed by atoms with Crippen molar-refractivity contribution in [3.05, 3.63) is 0 Å². The number of alkyl halides is 3. The van der Waals surface area contributed by atoms with Crippen molar-refractivity contribution >= 4 is 11.8 Å². The summed E-state index contributed by atoms with van der Waals surface area (Å²) in [6.45, 7) is -1.09. The fraction of sp³-hybridized carbons (Fsp3) is 0.875. The lowest BCUT2D eigenvalue weighted by atomic mass is 10.2. The van der Waals surface area contributed by atoms with Gasteiger partial charge in [0.25, 0.3) is 0 Å². The second-order valence-corrected chi connectivity index (χ2v) is 3.80. The van der Waals surface area contributed by atoms with E-state index >= 15 is 0 Å². The first kappa shape index (κ1) is 13.6. The van der Waals surface area contributed by atoms with Crippen LogP contribution in [0.4, 0.5) is 13.2 Å². The van der Waals surface area contributed by atoms with Crippen LogP contribution in [-0.4, -0.2) is 30.8 Å². The third-order valence-electron chi connectivity index (χ3n) is 1.55. The molecule has 0 aliphatic carbocycles. The molecule has 0 aliphatic rings. The molecule has 0 aromatic carbocycles. The Balaban J connectivity index is 3.65. The number of nitrogens with one attached hydrogen (secondary N) is 1. The fourth-order valence-corrected chi connectivity index (χ4v) is 1.34. The van der Waals surface area contributed by atoms with Crippen molar-refractivity contribution in [3.8, 4) is 6.07 Å². The van der Waals surface area contributed by atoms with Gasteiger partial charge in [-0.1, -0.05) is 0 Å². The molecule has 0 spiro atoms. The topological polar surface area (TPSA) is 35.8 Å². The third-order valence-corrected chi connectivity index (χ3v) is 2.24. The summed E-state index contributed by atoms with van der Waals surface area (Å²) in [6, 6.07) is 1.12. The van der Waals surface area contributed by atoms with E-state index in [0.717, 1.165) is 12.2 Å². The van der Waals surface area contributed by atoms with Gasteiger partial charge in [0.2, 0.25) is 0 Å². The lowest BCUT2D eigenvalue weighted by molar-refractivity contribution is -0.125. The Morgan fingerprint density at radius 2 is 2.14 bits per heavy atom. The number of halogens is 3. The molecule has 0 heterocycles. The van der Waals surface area contributed by atoms with Crippen molar-refractivity contribution in [1.29, 1.82) is 5.26 Å². The molecule has 14 heavy (non-hydrogen) atoms. The van der Waals surface area contributed by atoms with E-state index in [0.29, 0.717) is 6.42 Å². The van der Waals surface area contributed by atoms with Gasteiger partial charge in [0.15, 0.2) is 0 Å². The molecule has 2 nitrogen and oxygen atoms in total. The average molecular weight is 226 g/mol. The second kappa shape index (κ2) is 6.96. The minimum atomic E-state index is -4.24. The molecule has 6 heteroatoms. The molecule has 0 aromatic rings. The van der Waals surface area contributed by atoms with Crippen LogP contribution in [0.2, 0.25) is 0 Å². The van der Waals surface area contributed by atoms with E-state index in [4.69, 9.17) is 5.26 Å². The molecule has 1 unspecified atom stereocenters. The summed E-state index contributed by atoms with van der Waals surface area (Å²) in [5, 5.41) is 10.7. The Hall–Kier alpha value is -0.410. The van der Waals surface area contributed by atoms with E-state index in [2.05, 4.69) is 5.32 Å². The number of hydrogen-bond acceptors (Lipinski definition) is 3. The van der Waals surface area contributed by atoms with Crippen LogP contribution < -0.4 is 5.32 Å². The van der Waals surface area contributed by atoms with Crippen LogP contribution in [0.25, 0.3) is 0 Å². The molecule has 0 amide bonds. The minimum absolute atomic E-state index is 0.466. The molecule has 0 bridgehead atoms. The highest BCUT2D eigenvalue weighted by Crippen LogP contribution is 2.13. The summed E-state index contributed by atoms with van der Waals surface area (Å²) in [4.78, 5) is 0. The lowest BCUT2D eigenvalue weighted by Gasteiger charge is -2.12. The normalized spacial score (nSPS) is 13.6. The molecular formula is C8H13F3N2S. The number of nitrogens with zero attached hydrogens (tertiary/aromatic N) is 1. The van der Waals surface area contributed by atoms with Crippen molar-refractivity contribution in [2.75, 3.05) is 18.6 Å². The summed E-state index contributed by atoms with van der Waals surface area (Å²) in [5.41, 5.74) is 0. The zero-order valence-corrected chi connectivity index (χ0v) is 8.71. The van der Waals surface area contributed by atoms with Gasteiger partial charge in [-0.05, 0) is 24.9 Å². The van der Waals surface area contributed by atoms with Gasteiger partial charge in [-0.15, -0.1) is 0 Å². The van der Waals surface area contributed by atoms with Gasteiger partial charge >= 0.3 is 6.18 Å². The molecule has 0 aliphatic heterocycles. The first-order valence-electron chi connectivity index (χ1n) is 4.18. The first-order chi connectivity index (χ1) is 6.49. The van der Waals surface area contributed by atoms with Crippen LogP contribution in [0, 0.1) is 11.3 Å². The van der Waals surface area contributed by atoms with Crippen LogP contribution in [-0.2, 0) is 0 Å². The van der Waals surface area contributed by atoms with Crippen LogP contribution in [0.5, 0.6) is 0 Å². The summed E-state index contributed by atoms with van der Waals surface area (Å²) in [6.07, 6.45) is -1.10. The molecule has 82 valence electrons. The van der Waals surface area contributed by atoms with Gasteiger partial charge in [-0.25, -0.2) is 0 Å². The molecule has 1 atom stereocenters. The zero-order valence-electron chi connectivity index (χ0n) is 7.90. The van der Waals surface area contributed by atoms with Crippen molar-refractivity contribution in [2.24, 2.45) is 0 Å². The van der Waals surface area contributed by atoms with E-state index in [1.807, 2.05) is 12.3 Å². The van der Waals surface area contributed by atoms with Crippen LogP contribution in [0.15, 0.2) is 0 Å². The predicted octanol–water partition coefficient (Wildman–Crippen LogP) is 2.17. The largest absolute Gasteiger partial charge is 0.401 e. The fourth-order valence-electron chi connectivity index (χ4n) is 0.883. The van der Waals surface area contributed by atoms with Crippen LogP contribution in [0.1, 0.15) is 12.8 Å². The van der Waals surface area contributed by atoms with Crippen molar-refractivity contribution < 1.29 is 13.2 Å². The smallest absolute Gasteiger partial charge is 0.294 e. The molecule has 0 saturated heterocycles. The van der Waals surface area contributed by atoms with E-state index in [9.17, 15) is 13.2 Å². The van der Waals surface area contributed by atoms with Gasteiger partial charge in [-0.2, -0.15) is 30.2 Å². The number of nitriles is 1. The van der Waals surface area contributed by atoms with Gasteiger partial charge in [0.05, 0.1) is 18.7 Å². The Morgan fingerprint density at radius 3 is 2.57 bits per heavy atom. The predicted molar refractivity (Wildman–Crippen MR) is 51.1 cm³/mol. The molecule has 0 saturated carbocycles. The standard InChI is InChI=1S/C8H13F3N2S/c1-14-4-2-3-7(5-12)13-6-8(9,10)11/h7,13H,2-4,6H2,1H3. The highest BCUT2D eigenvalue weighted by Gasteiger charge is 2.27. The highest BCUT2D eigenvalue weighted by atomic mass is 32.2. The van der Waals surface area contributed by atoms with Crippen LogP contribution in [0.3, 0.4) is 0 Å². The monoisotopic (exact) mass is 226 g/mol. The second-order valence-electron chi connectivity index (χ2n) is 2.81. The van der Waals surface area contributed by atoms with Crippen molar-refractivity contribution in [3.63, 3.8) is 0 Å². The lowest BCUT2D eigenvalue weighted by Crippen LogP contribution is -2.36. The van der Waals surface area contributed by atoms with E-state index in [1.54, 1.807) is 11.8 Å². The summed E-state index contributed by atoms with van der Waals surface area (Å²) < 4.78 is 35.3. The zero-order chi connectivity index (χ0) is 11.0. The van der Waals surface area contributed by atoms with E-state index in [-0.39, 0.29) is 0 Å². The molecule has 1 N–H and O–H groups in total. The highest BCUT2D eigenvalue weighted by molar-refractivity contribution is 7.98. The molecular weight excluding hydrogens is 213 g/mol. The van der Waals surface area contributed by atoms with Crippen molar-refractivity contribution in [1.82, 2.24) is 5.32 Å². The summed E-state index contributed by atoms with van der Waals surface area (Å²) >= 11 is 1.62. The minimum Gasteiger partial charge on any atom is -0.294 e. The maximum Gasteiger partial charge on any atom is 0.401 e. The number of thioether (sulfide) groups is 1. The number of hydrogen-bond donors (Lipinski definition) is 1. The first-order valence-corrected chi connectivity index (χ1v) is 5.57. The molecule has 0 aromatic heterocycles. The summed E-state index contributed by atoms with van der Waals surface area (Å²) in [7, 11) is 0. The van der Waals surface area contributed by atoms with Gasteiger partial charge < -0.3 is 0 Å². The van der Waals surface area contributed by atoms with Gasteiger partial charge in [-0.3, -0.25) is 5.32 Å². The molecule has 0 fully saturated rings. The Bertz CT molecular complexity index is 188. The third kappa shape index (κ3) is 8.20.